The van der Waals surface area contributed by atoms with E-state index in [1.165, 1.54) is 9.35 Å². The van der Waals surface area contributed by atoms with Crippen LogP contribution >= 0.6 is 27.3 Å². The SMILES string of the molecule is CCNC(Cc1ccco1)c1sccc1Br. The van der Waals surface area contributed by atoms with E-state index < -0.39 is 0 Å². The predicted molar refractivity (Wildman–Crippen MR) is 70.8 cm³/mol. The van der Waals surface area contributed by atoms with Gasteiger partial charge in [0.2, 0.25) is 0 Å². The van der Waals surface area contributed by atoms with Crippen LogP contribution in [0.4, 0.5) is 0 Å². The van der Waals surface area contributed by atoms with Crippen molar-refractivity contribution in [2.24, 2.45) is 0 Å². The first-order valence-electron chi connectivity index (χ1n) is 5.30. The third-order valence-electron chi connectivity index (χ3n) is 2.40. The first-order valence-corrected chi connectivity index (χ1v) is 6.97. The molecule has 2 aromatic rings. The number of hydrogen-bond donors (Lipinski definition) is 1. The van der Waals surface area contributed by atoms with Crippen LogP contribution in [0.2, 0.25) is 0 Å². The molecule has 0 bridgehead atoms. The van der Waals surface area contributed by atoms with Gasteiger partial charge in [-0.1, -0.05) is 6.92 Å². The maximum absolute atomic E-state index is 5.40. The second-order valence-corrected chi connectivity index (χ2v) is 5.33. The topological polar surface area (TPSA) is 25.2 Å². The minimum absolute atomic E-state index is 0.325. The van der Waals surface area contributed by atoms with Gasteiger partial charge in [0, 0.05) is 21.8 Å². The van der Waals surface area contributed by atoms with Gasteiger partial charge in [-0.05, 0) is 46.1 Å². The Hall–Kier alpha value is -0.580. The molecule has 0 saturated heterocycles. The summed E-state index contributed by atoms with van der Waals surface area (Å²) in [5, 5.41) is 5.59. The van der Waals surface area contributed by atoms with Crippen molar-refractivity contribution in [1.29, 1.82) is 0 Å². The van der Waals surface area contributed by atoms with Gasteiger partial charge in [0.25, 0.3) is 0 Å². The van der Waals surface area contributed by atoms with E-state index in [1.807, 2.05) is 12.1 Å². The van der Waals surface area contributed by atoms with E-state index >= 15 is 0 Å². The van der Waals surface area contributed by atoms with Crippen molar-refractivity contribution in [3.05, 3.63) is 45.0 Å². The second kappa shape index (κ2) is 5.66. The van der Waals surface area contributed by atoms with Crippen molar-refractivity contribution in [1.82, 2.24) is 5.32 Å². The lowest BCUT2D eigenvalue weighted by molar-refractivity contribution is 0.457. The second-order valence-electron chi connectivity index (χ2n) is 3.53. The molecule has 4 heteroatoms. The summed E-state index contributed by atoms with van der Waals surface area (Å²) in [6, 6.07) is 6.37. The Balaban J connectivity index is 2.14. The molecule has 2 heterocycles. The summed E-state index contributed by atoms with van der Waals surface area (Å²) in [6.07, 6.45) is 2.61. The number of furan rings is 1. The number of thiophene rings is 1. The standard InChI is InChI=1S/C12H14BrNOS/c1-2-14-11(8-9-4-3-6-15-9)12-10(13)5-7-16-12/h3-7,11,14H,2,8H2,1H3. The molecule has 86 valence electrons. The van der Waals surface area contributed by atoms with Gasteiger partial charge in [-0.2, -0.15) is 0 Å². The van der Waals surface area contributed by atoms with Gasteiger partial charge < -0.3 is 9.73 Å². The minimum atomic E-state index is 0.325. The van der Waals surface area contributed by atoms with Crippen LogP contribution in [0.1, 0.15) is 23.6 Å². The van der Waals surface area contributed by atoms with Crippen molar-refractivity contribution < 1.29 is 4.42 Å². The lowest BCUT2D eigenvalue weighted by Crippen LogP contribution is -2.22. The quantitative estimate of drug-likeness (QED) is 0.903. The zero-order valence-electron chi connectivity index (χ0n) is 9.07. The van der Waals surface area contributed by atoms with Crippen LogP contribution < -0.4 is 5.32 Å². The molecule has 0 aromatic carbocycles. The summed E-state index contributed by atoms with van der Waals surface area (Å²) in [7, 11) is 0. The molecule has 1 N–H and O–H groups in total. The van der Waals surface area contributed by atoms with Gasteiger partial charge in [-0.15, -0.1) is 11.3 Å². The number of halogens is 1. The molecule has 0 amide bonds. The molecule has 0 spiro atoms. The molecule has 2 aromatic heterocycles. The number of likely N-dealkylation sites (N-methyl/N-ethyl adjacent to an activating group) is 1. The highest BCUT2D eigenvalue weighted by molar-refractivity contribution is 9.10. The average Bonchev–Trinajstić information content (AvgIpc) is 2.88. The number of nitrogens with one attached hydrogen (secondary N) is 1. The molecule has 0 saturated carbocycles. The fourth-order valence-electron chi connectivity index (χ4n) is 1.69. The fourth-order valence-corrected chi connectivity index (χ4v) is 3.41. The highest BCUT2D eigenvalue weighted by Gasteiger charge is 2.16. The Morgan fingerprint density at radius 2 is 2.38 bits per heavy atom. The van der Waals surface area contributed by atoms with Crippen LogP contribution in [0.25, 0.3) is 0 Å². The molecule has 1 atom stereocenters. The van der Waals surface area contributed by atoms with E-state index in [0.717, 1.165) is 18.7 Å². The van der Waals surface area contributed by atoms with Gasteiger partial charge >= 0.3 is 0 Å². The molecule has 2 rings (SSSR count). The summed E-state index contributed by atoms with van der Waals surface area (Å²) < 4.78 is 6.57. The average molecular weight is 300 g/mol. The van der Waals surface area contributed by atoms with Gasteiger partial charge in [-0.3, -0.25) is 0 Å². The van der Waals surface area contributed by atoms with E-state index in [9.17, 15) is 0 Å². The van der Waals surface area contributed by atoms with Gasteiger partial charge in [0.15, 0.2) is 0 Å². The fraction of sp³-hybridized carbons (Fsp3) is 0.333. The third kappa shape index (κ3) is 2.75. The molecule has 0 aliphatic heterocycles. The van der Waals surface area contributed by atoms with E-state index in [-0.39, 0.29) is 0 Å². The van der Waals surface area contributed by atoms with E-state index in [1.54, 1.807) is 17.6 Å². The number of hydrogen-bond acceptors (Lipinski definition) is 3. The molecule has 2 nitrogen and oxygen atoms in total. The molecule has 0 aliphatic carbocycles. The Labute approximate surface area is 108 Å². The van der Waals surface area contributed by atoms with E-state index in [4.69, 9.17) is 4.42 Å². The molecule has 0 aliphatic rings. The van der Waals surface area contributed by atoms with Crippen LogP contribution in [0.15, 0.2) is 38.7 Å². The van der Waals surface area contributed by atoms with Crippen LogP contribution in [0.3, 0.4) is 0 Å². The predicted octanol–water partition coefficient (Wildman–Crippen LogP) is 4.00. The molecule has 16 heavy (non-hydrogen) atoms. The van der Waals surface area contributed by atoms with Gasteiger partial charge in [0.1, 0.15) is 5.76 Å². The Morgan fingerprint density at radius 1 is 1.50 bits per heavy atom. The van der Waals surface area contributed by atoms with Crippen LogP contribution in [-0.2, 0) is 6.42 Å². The molecular formula is C12H14BrNOS. The highest BCUT2D eigenvalue weighted by atomic mass is 79.9. The molecule has 0 radical (unpaired) electrons. The van der Waals surface area contributed by atoms with Crippen molar-refractivity contribution in [3.8, 4) is 0 Å². The summed E-state index contributed by atoms with van der Waals surface area (Å²) in [4.78, 5) is 1.33. The summed E-state index contributed by atoms with van der Waals surface area (Å²) in [5.74, 6) is 1.02. The van der Waals surface area contributed by atoms with Crippen LogP contribution in [0, 0.1) is 0 Å². The molecule has 1 unspecified atom stereocenters. The summed E-state index contributed by atoms with van der Waals surface area (Å²) >= 11 is 5.35. The monoisotopic (exact) mass is 299 g/mol. The lowest BCUT2D eigenvalue weighted by Gasteiger charge is -2.15. The lowest BCUT2D eigenvalue weighted by atomic mass is 10.1. The van der Waals surface area contributed by atoms with Gasteiger partial charge in [0.05, 0.1) is 6.26 Å². The van der Waals surface area contributed by atoms with E-state index in [2.05, 4.69) is 39.6 Å². The largest absolute Gasteiger partial charge is 0.469 e. The Bertz CT molecular complexity index is 424. The van der Waals surface area contributed by atoms with Gasteiger partial charge in [-0.25, -0.2) is 0 Å². The third-order valence-corrected chi connectivity index (χ3v) is 4.38. The molecular weight excluding hydrogens is 286 g/mol. The normalized spacial score (nSPS) is 12.9. The van der Waals surface area contributed by atoms with Crippen molar-refractivity contribution in [3.63, 3.8) is 0 Å². The van der Waals surface area contributed by atoms with Crippen LogP contribution in [0.5, 0.6) is 0 Å². The zero-order valence-corrected chi connectivity index (χ0v) is 11.5. The van der Waals surface area contributed by atoms with Crippen molar-refractivity contribution in [2.45, 2.75) is 19.4 Å². The van der Waals surface area contributed by atoms with Crippen molar-refractivity contribution in [2.75, 3.05) is 6.54 Å². The first-order chi connectivity index (χ1) is 7.81. The first kappa shape index (κ1) is 11.9. The number of rotatable bonds is 5. The van der Waals surface area contributed by atoms with Crippen molar-refractivity contribution >= 4 is 27.3 Å². The Kier molecular flexibility index (Phi) is 4.21. The van der Waals surface area contributed by atoms with Crippen LogP contribution in [-0.4, -0.2) is 6.54 Å². The summed E-state index contributed by atoms with van der Waals surface area (Å²) in [5.41, 5.74) is 0. The highest BCUT2D eigenvalue weighted by Crippen LogP contribution is 2.31. The maximum Gasteiger partial charge on any atom is 0.105 e. The van der Waals surface area contributed by atoms with E-state index in [0.29, 0.717) is 6.04 Å². The molecule has 0 fully saturated rings. The summed E-state index contributed by atoms with van der Waals surface area (Å²) in [6.45, 7) is 3.08. The maximum atomic E-state index is 5.40. The minimum Gasteiger partial charge on any atom is -0.469 e. The zero-order chi connectivity index (χ0) is 11.4. The smallest absolute Gasteiger partial charge is 0.105 e. The Morgan fingerprint density at radius 3 is 2.94 bits per heavy atom.